The summed E-state index contributed by atoms with van der Waals surface area (Å²) in [5.74, 6) is -0.407. The van der Waals surface area contributed by atoms with Crippen LogP contribution in [0.2, 0.25) is 0 Å². The Bertz CT molecular complexity index is 766. The number of para-hydroxylation sites is 1. The van der Waals surface area contributed by atoms with E-state index in [1.54, 1.807) is 12.1 Å². The van der Waals surface area contributed by atoms with E-state index in [-0.39, 0.29) is 5.54 Å². The van der Waals surface area contributed by atoms with Crippen LogP contribution in [-0.2, 0) is 4.74 Å². The van der Waals surface area contributed by atoms with E-state index in [1.807, 2.05) is 12.1 Å². The number of oxazole rings is 1. The second-order valence-corrected chi connectivity index (χ2v) is 6.63. The summed E-state index contributed by atoms with van der Waals surface area (Å²) in [6.45, 7) is 11.6. The number of carbonyl (C=O) groups is 1. The molecule has 0 aliphatic carbocycles. The standard InChI is InChI=1S/C18H23N3O3/c1-5-9-20-10-11-21(18(2,3)12-20)17-19-15-13(16(22)23-4)7-6-8-14(15)24-17/h5-8H,1,9-12H2,2-4H3. The Morgan fingerprint density at radius 3 is 2.92 bits per heavy atom. The summed E-state index contributed by atoms with van der Waals surface area (Å²) >= 11 is 0. The Balaban J connectivity index is 1.95. The molecule has 0 radical (unpaired) electrons. The first-order valence-electron chi connectivity index (χ1n) is 8.05. The number of esters is 1. The summed E-state index contributed by atoms with van der Waals surface area (Å²) in [4.78, 5) is 21.0. The van der Waals surface area contributed by atoms with E-state index >= 15 is 0 Å². The van der Waals surface area contributed by atoms with E-state index < -0.39 is 5.97 Å². The third-order valence-corrected chi connectivity index (χ3v) is 4.41. The molecular weight excluding hydrogens is 306 g/mol. The van der Waals surface area contributed by atoms with E-state index in [2.05, 4.69) is 35.2 Å². The van der Waals surface area contributed by atoms with Crippen LogP contribution in [0, 0.1) is 0 Å². The van der Waals surface area contributed by atoms with Gasteiger partial charge in [0.1, 0.15) is 5.52 Å². The Morgan fingerprint density at radius 1 is 1.46 bits per heavy atom. The average molecular weight is 329 g/mol. The monoisotopic (exact) mass is 329 g/mol. The molecule has 6 heteroatoms. The van der Waals surface area contributed by atoms with Crippen LogP contribution >= 0.6 is 0 Å². The van der Waals surface area contributed by atoms with Crippen molar-refractivity contribution in [3.8, 4) is 0 Å². The molecule has 0 bridgehead atoms. The lowest BCUT2D eigenvalue weighted by molar-refractivity contribution is 0.0602. The number of fused-ring (bicyclic) bond motifs is 1. The molecule has 1 fully saturated rings. The maximum absolute atomic E-state index is 11.9. The molecule has 1 saturated heterocycles. The zero-order valence-electron chi connectivity index (χ0n) is 14.4. The molecule has 1 aliphatic rings. The van der Waals surface area contributed by atoms with Crippen molar-refractivity contribution in [2.24, 2.45) is 0 Å². The Morgan fingerprint density at radius 2 is 2.25 bits per heavy atom. The number of hydrogen-bond donors (Lipinski definition) is 0. The SMILES string of the molecule is C=CCN1CCN(c2nc3c(C(=O)OC)cccc3o2)C(C)(C)C1. The minimum Gasteiger partial charge on any atom is -0.465 e. The highest BCUT2D eigenvalue weighted by Gasteiger charge is 2.36. The lowest BCUT2D eigenvalue weighted by atomic mass is 9.99. The Hall–Kier alpha value is -2.34. The second-order valence-electron chi connectivity index (χ2n) is 6.63. The van der Waals surface area contributed by atoms with Crippen LogP contribution in [0.25, 0.3) is 11.1 Å². The molecular formula is C18H23N3O3. The van der Waals surface area contributed by atoms with Gasteiger partial charge in [-0.25, -0.2) is 4.79 Å². The number of anilines is 1. The largest absolute Gasteiger partial charge is 0.465 e. The Kier molecular flexibility index (Phi) is 4.32. The van der Waals surface area contributed by atoms with Crippen LogP contribution in [0.1, 0.15) is 24.2 Å². The van der Waals surface area contributed by atoms with Crippen molar-refractivity contribution in [2.75, 3.05) is 38.2 Å². The fraction of sp³-hybridized carbons (Fsp3) is 0.444. The molecule has 1 aliphatic heterocycles. The number of rotatable bonds is 4. The number of hydrogen-bond acceptors (Lipinski definition) is 6. The van der Waals surface area contributed by atoms with Gasteiger partial charge >= 0.3 is 5.97 Å². The number of piperazine rings is 1. The third kappa shape index (κ3) is 2.89. The maximum Gasteiger partial charge on any atom is 0.340 e. The van der Waals surface area contributed by atoms with Crippen molar-refractivity contribution >= 4 is 23.1 Å². The number of benzene rings is 1. The average Bonchev–Trinajstić information content (AvgIpc) is 2.97. The quantitative estimate of drug-likeness (QED) is 0.635. The first-order chi connectivity index (χ1) is 11.5. The van der Waals surface area contributed by atoms with Crippen molar-refractivity contribution in [2.45, 2.75) is 19.4 Å². The van der Waals surface area contributed by atoms with Crippen LogP contribution in [0.3, 0.4) is 0 Å². The van der Waals surface area contributed by atoms with Crippen molar-refractivity contribution in [3.63, 3.8) is 0 Å². The predicted octanol–water partition coefficient (Wildman–Crippen LogP) is 2.70. The van der Waals surface area contributed by atoms with Crippen LogP contribution < -0.4 is 4.90 Å². The van der Waals surface area contributed by atoms with Crippen LogP contribution in [0.4, 0.5) is 6.01 Å². The summed E-state index contributed by atoms with van der Waals surface area (Å²) in [7, 11) is 1.37. The van der Waals surface area contributed by atoms with Gasteiger partial charge in [-0.1, -0.05) is 12.1 Å². The lowest BCUT2D eigenvalue weighted by Gasteiger charge is -2.46. The molecule has 1 aromatic carbocycles. The van der Waals surface area contributed by atoms with Gasteiger partial charge in [-0.3, -0.25) is 4.90 Å². The first kappa shape index (κ1) is 16.5. The molecule has 6 nitrogen and oxygen atoms in total. The van der Waals surface area contributed by atoms with Gasteiger partial charge in [0.05, 0.1) is 18.2 Å². The van der Waals surface area contributed by atoms with E-state index in [4.69, 9.17) is 9.15 Å². The number of nitrogens with zero attached hydrogens (tertiary/aromatic N) is 3. The lowest BCUT2D eigenvalue weighted by Crippen LogP contribution is -2.59. The normalized spacial score (nSPS) is 17.9. The highest BCUT2D eigenvalue weighted by atomic mass is 16.5. The van der Waals surface area contributed by atoms with E-state index in [0.29, 0.717) is 22.7 Å². The van der Waals surface area contributed by atoms with E-state index in [0.717, 1.165) is 26.2 Å². The summed E-state index contributed by atoms with van der Waals surface area (Å²) in [6.07, 6.45) is 1.92. The second kappa shape index (κ2) is 6.28. The summed E-state index contributed by atoms with van der Waals surface area (Å²) in [5, 5.41) is 0. The third-order valence-electron chi connectivity index (χ3n) is 4.41. The van der Waals surface area contributed by atoms with Crippen LogP contribution in [-0.4, -0.2) is 54.7 Å². The molecule has 0 spiro atoms. The minimum atomic E-state index is -0.407. The number of methoxy groups -OCH3 is 1. The summed E-state index contributed by atoms with van der Waals surface area (Å²) in [6, 6.07) is 5.84. The number of aromatic nitrogens is 1. The molecule has 2 aromatic rings. The van der Waals surface area contributed by atoms with Crippen molar-refractivity contribution < 1.29 is 13.9 Å². The van der Waals surface area contributed by atoms with Crippen LogP contribution in [0.5, 0.6) is 0 Å². The van der Waals surface area contributed by atoms with Gasteiger partial charge in [0.15, 0.2) is 5.58 Å². The first-order valence-corrected chi connectivity index (χ1v) is 8.05. The molecule has 1 aromatic heterocycles. The molecule has 3 rings (SSSR count). The molecule has 0 atom stereocenters. The zero-order valence-corrected chi connectivity index (χ0v) is 14.4. The summed E-state index contributed by atoms with van der Waals surface area (Å²) < 4.78 is 10.8. The highest BCUT2D eigenvalue weighted by Crippen LogP contribution is 2.31. The number of carbonyl (C=O) groups excluding carboxylic acids is 1. The van der Waals surface area contributed by atoms with E-state index in [9.17, 15) is 4.79 Å². The molecule has 0 amide bonds. The fourth-order valence-corrected chi connectivity index (χ4v) is 3.28. The summed E-state index contributed by atoms with van der Waals surface area (Å²) in [5.41, 5.74) is 1.43. The zero-order chi connectivity index (χ0) is 17.3. The van der Waals surface area contributed by atoms with Gasteiger partial charge in [0.2, 0.25) is 0 Å². The molecule has 0 unspecified atom stereocenters. The maximum atomic E-state index is 11.9. The Labute approximate surface area is 141 Å². The van der Waals surface area contributed by atoms with Gasteiger partial charge < -0.3 is 14.1 Å². The van der Waals surface area contributed by atoms with Gasteiger partial charge in [-0.05, 0) is 26.0 Å². The topological polar surface area (TPSA) is 58.8 Å². The highest BCUT2D eigenvalue weighted by molar-refractivity contribution is 6.01. The van der Waals surface area contributed by atoms with Gasteiger partial charge in [0.25, 0.3) is 6.01 Å². The van der Waals surface area contributed by atoms with Crippen molar-refractivity contribution in [1.82, 2.24) is 9.88 Å². The van der Waals surface area contributed by atoms with Gasteiger partial charge in [-0.15, -0.1) is 6.58 Å². The molecule has 0 N–H and O–H groups in total. The van der Waals surface area contributed by atoms with Crippen molar-refractivity contribution in [3.05, 3.63) is 36.4 Å². The smallest absolute Gasteiger partial charge is 0.340 e. The molecule has 128 valence electrons. The van der Waals surface area contributed by atoms with Gasteiger partial charge in [-0.2, -0.15) is 4.98 Å². The fourth-order valence-electron chi connectivity index (χ4n) is 3.28. The minimum absolute atomic E-state index is 0.131. The van der Waals surface area contributed by atoms with E-state index in [1.165, 1.54) is 7.11 Å². The molecule has 0 saturated carbocycles. The predicted molar refractivity (Wildman–Crippen MR) is 93.4 cm³/mol. The van der Waals surface area contributed by atoms with Crippen molar-refractivity contribution in [1.29, 1.82) is 0 Å². The van der Waals surface area contributed by atoms with Crippen LogP contribution in [0.15, 0.2) is 35.3 Å². The van der Waals surface area contributed by atoms with Gasteiger partial charge in [0, 0.05) is 26.2 Å². The molecule has 2 heterocycles. The molecule has 24 heavy (non-hydrogen) atoms. The number of ether oxygens (including phenoxy) is 1.